The molecule has 1 aliphatic heterocycles. The zero-order valence-corrected chi connectivity index (χ0v) is 16.9. The van der Waals surface area contributed by atoms with E-state index in [0.717, 1.165) is 18.7 Å². The fourth-order valence-electron chi connectivity index (χ4n) is 3.45. The van der Waals surface area contributed by atoms with Crippen LogP contribution in [0.3, 0.4) is 0 Å². The van der Waals surface area contributed by atoms with Crippen LogP contribution in [0.25, 0.3) is 6.08 Å². The van der Waals surface area contributed by atoms with E-state index in [1.807, 2.05) is 42.2 Å². The molecular weight excluding hydrogens is 352 g/mol. The Kier molecular flexibility index (Phi) is 6.58. The van der Waals surface area contributed by atoms with Crippen molar-refractivity contribution in [3.8, 4) is 11.5 Å². The van der Waals surface area contributed by atoms with Gasteiger partial charge in [-0.1, -0.05) is 36.4 Å². The number of anilines is 1. The van der Waals surface area contributed by atoms with Crippen LogP contribution in [0.4, 0.5) is 5.69 Å². The summed E-state index contributed by atoms with van der Waals surface area (Å²) < 4.78 is 11.1. The molecule has 1 amide bonds. The lowest BCUT2D eigenvalue weighted by atomic mass is 10.1. The molecule has 1 fully saturated rings. The van der Waals surface area contributed by atoms with Crippen molar-refractivity contribution >= 4 is 17.7 Å². The standard InChI is InChI=1S/C23H28N2O3/c1-4-7-19-10-11-21(22(16-19)27-3)28-17-23(26)25-14-12-24(13-15-25)20-9-6-5-8-18(20)2/h4-11,16H,12-15,17H2,1-3H3/b7-4+. The number of nitrogens with zero attached hydrogens (tertiary/aromatic N) is 2. The van der Waals surface area contributed by atoms with Crippen LogP contribution in [0.15, 0.2) is 48.5 Å². The van der Waals surface area contributed by atoms with Gasteiger partial charge in [0.25, 0.3) is 5.91 Å². The van der Waals surface area contributed by atoms with Gasteiger partial charge in [-0.15, -0.1) is 0 Å². The predicted octanol–water partition coefficient (Wildman–Crippen LogP) is 3.76. The number of hydrogen-bond donors (Lipinski definition) is 0. The van der Waals surface area contributed by atoms with Crippen molar-refractivity contribution in [2.75, 3.05) is 44.8 Å². The van der Waals surface area contributed by atoms with Gasteiger partial charge >= 0.3 is 0 Å². The molecule has 0 spiro atoms. The van der Waals surface area contributed by atoms with E-state index in [1.165, 1.54) is 11.3 Å². The summed E-state index contributed by atoms with van der Waals surface area (Å²) in [7, 11) is 1.61. The Balaban J connectivity index is 1.54. The third-order valence-electron chi connectivity index (χ3n) is 4.99. The molecule has 2 aromatic carbocycles. The quantitative estimate of drug-likeness (QED) is 0.765. The minimum Gasteiger partial charge on any atom is -0.493 e. The van der Waals surface area contributed by atoms with Crippen LogP contribution in [0.5, 0.6) is 11.5 Å². The first-order valence-electron chi connectivity index (χ1n) is 9.64. The molecule has 0 unspecified atom stereocenters. The summed E-state index contributed by atoms with van der Waals surface area (Å²) in [5, 5.41) is 0. The Bertz CT molecular complexity index is 839. The number of methoxy groups -OCH3 is 1. The van der Waals surface area contributed by atoms with Gasteiger partial charge in [0.1, 0.15) is 0 Å². The van der Waals surface area contributed by atoms with Crippen LogP contribution in [0.2, 0.25) is 0 Å². The number of allylic oxidation sites excluding steroid dienone is 1. The van der Waals surface area contributed by atoms with E-state index < -0.39 is 0 Å². The highest BCUT2D eigenvalue weighted by Gasteiger charge is 2.22. The first-order chi connectivity index (χ1) is 13.6. The third-order valence-corrected chi connectivity index (χ3v) is 4.99. The lowest BCUT2D eigenvalue weighted by Gasteiger charge is -2.36. The molecule has 0 saturated carbocycles. The highest BCUT2D eigenvalue weighted by atomic mass is 16.5. The zero-order valence-electron chi connectivity index (χ0n) is 16.9. The number of carbonyl (C=O) groups is 1. The number of para-hydroxylation sites is 1. The maximum Gasteiger partial charge on any atom is 0.260 e. The number of rotatable bonds is 6. The first-order valence-corrected chi connectivity index (χ1v) is 9.64. The van der Waals surface area contributed by atoms with Gasteiger partial charge in [0.05, 0.1) is 7.11 Å². The van der Waals surface area contributed by atoms with Crippen molar-refractivity contribution in [1.82, 2.24) is 4.90 Å². The smallest absolute Gasteiger partial charge is 0.260 e. The number of carbonyl (C=O) groups excluding carboxylic acids is 1. The van der Waals surface area contributed by atoms with Gasteiger partial charge in [0.15, 0.2) is 18.1 Å². The Morgan fingerprint density at radius 3 is 2.50 bits per heavy atom. The molecule has 2 aromatic rings. The molecule has 3 rings (SSSR count). The lowest BCUT2D eigenvalue weighted by Crippen LogP contribution is -2.50. The molecule has 5 nitrogen and oxygen atoms in total. The Hall–Kier alpha value is -2.95. The number of aryl methyl sites for hydroxylation is 1. The van der Waals surface area contributed by atoms with Crippen LogP contribution in [0.1, 0.15) is 18.1 Å². The molecule has 0 aliphatic carbocycles. The van der Waals surface area contributed by atoms with Crippen molar-refractivity contribution < 1.29 is 14.3 Å². The molecule has 28 heavy (non-hydrogen) atoms. The molecule has 1 saturated heterocycles. The van der Waals surface area contributed by atoms with Gasteiger partial charge < -0.3 is 19.3 Å². The summed E-state index contributed by atoms with van der Waals surface area (Å²) in [6, 6.07) is 14.1. The van der Waals surface area contributed by atoms with Crippen molar-refractivity contribution in [2.45, 2.75) is 13.8 Å². The van der Waals surface area contributed by atoms with E-state index in [-0.39, 0.29) is 12.5 Å². The molecule has 1 heterocycles. The van der Waals surface area contributed by atoms with Gasteiger partial charge in [0.2, 0.25) is 0 Å². The number of piperazine rings is 1. The second kappa shape index (κ2) is 9.31. The average molecular weight is 380 g/mol. The predicted molar refractivity (Wildman–Crippen MR) is 113 cm³/mol. The Labute approximate surface area is 167 Å². The minimum absolute atomic E-state index is 0.00372. The molecule has 0 N–H and O–H groups in total. The highest BCUT2D eigenvalue weighted by Crippen LogP contribution is 2.28. The lowest BCUT2D eigenvalue weighted by molar-refractivity contribution is -0.133. The maximum absolute atomic E-state index is 12.6. The normalized spacial score (nSPS) is 14.4. The van der Waals surface area contributed by atoms with Gasteiger partial charge in [-0.25, -0.2) is 0 Å². The van der Waals surface area contributed by atoms with E-state index in [4.69, 9.17) is 9.47 Å². The van der Waals surface area contributed by atoms with Crippen molar-refractivity contribution in [2.24, 2.45) is 0 Å². The van der Waals surface area contributed by atoms with Gasteiger partial charge in [-0.2, -0.15) is 0 Å². The SMILES string of the molecule is C/C=C/c1ccc(OCC(=O)N2CCN(c3ccccc3C)CC2)c(OC)c1. The van der Waals surface area contributed by atoms with Crippen LogP contribution >= 0.6 is 0 Å². The molecule has 1 aliphatic rings. The zero-order chi connectivity index (χ0) is 19.9. The number of hydrogen-bond acceptors (Lipinski definition) is 4. The van der Waals surface area contributed by atoms with Crippen molar-refractivity contribution in [3.63, 3.8) is 0 Å². The van der Waals surface area contributed by atoms with Gasteiger partial charge in [-0.3, -0.25) is 4.79 Å². The van der Waals surface area contributed by atoms with Crippen LogP contribution in [0, 0.1) is 6.92 Å². The van der Waals surface area contributed by atoms with E-state index >= 15 is 0 Å². The van der Waals surface area contributed by atoms with Crippen LogP contribution in [-0.2, 0) is 4.79 Å². The Morgan fingerprint density at radius 1 is 1.07 bits per heavy atom. The summed E-state index contributed by atoms with van der Waals surface area (Å²) in [6.07, 6.45) is 3.96. The van der Waals surface area contributed by atoms with E-state index in [0.29, 0.717) is 24.6 Å². The largest absolute Gasteiger partial charge is 0.493 e. The third kappa shape index (κ3) is 4.66. The summed E-state index contributed by atoms with van der Waals surface area (Å²) in [5.41, 5.74) is 3.54. The number of ether oxygens (including phenoxy) is 2. The molecule has 0 radical (unpaired) electrons. The van der Waals surface area contributed by atoms with Gasteiger partial charge in [-0.05, 0) is 43.2 Å². The van der Waals surface area contributed by atoms with Crippen LogP contribution < -0.4 is 14.4 Å². The number of benzene rings is 2. The summed E-state index contributed by atoms with van der Waals surface area (Å²) in [6.45, 7) is 7.17. The average Bonchev–Trinajstić information content (AvgIpc) is 2.73. The van der Waals surface area contributed by atoms with E-state index in [2.05, 4.69) is 36.1 Å². The molecule has 148 valence electrons. The topological polar surface area (TPSA) is 42.0 Å². The van der Waals surface area contributed by atoms with Crippen molar-refractivity contribution in [1.29, 1.82) is 0 Å². The minimum atomic E-state index is 0.00372. The molecule has 0 aromatic heterocycles. The Morgan fingerprint density at radius 2 is 1.82 bits per heavy atom. The van der Waals surface area contributed by atoms with E-state index in [9.17, 15) is 4.79 Å². The molecule has 5 heteroatoms. The summed E-state index contributed by atoms with van der Waals surface area (Å²) in [5.74, 6) is 1.22. The van der Waals surface area contributed by atoms with Crippen LogP contribution in [-0.4, -0.2) is 50.7 Å². The first kappa shape index (κ1) is 19.8. The second-order valence-electron chi connectivity index (χ2n) is 6.85. The monoisotopic (exact) mass is 380 g/mol. The second-order valence-corrected chi connectivity index (χ2v) is 6.85. The van der Waals surface area contributed by atoms with Crippen molar-refractivity contribution in [3.05, 3.63) is 59.7 Å². The maximum atomic E-state index is 12.6. The van der Waals surface area contributed by atoms with E-state index in [1.54, 1.807) is 7.11 Å². The highest BCUT2D eigenvalue weighted by molar-refractivity contribution is 5.78. The number of amides is 1. The molecule has 0 bridgehead atoms. The summed E-state index contributed by atoms with van der Waals surface area (Å²) in [4.78, 5) is 16.8. The molecule has 0 atom stereocenters. The fourth-order valence-corrected chi connectivity index (χ4v) is 3.45. The van der Waals surface area contributed by atoms with Gasteiger partial charge in [0, 0.05) is 31.9 Å². The fraction of sp³-hybridized carbons (Fsp3) is 0.348. The summed E-state index contributed by atoms with van der Waals surface area (Å²) >= 11 is 0. The molecular formula is C23H28N2O3.